The number of para-hydroxylation sites is 6. The summed E-state index contributed by atoms with van der Waals surface area (Å²) in [6, 6.07) is 63.7. The molecule has 0 spiro atoms. The van der Waals surface area contributed by atoms with Crippen LogP contribution in [0.5, 0.6) is 0 Å². The number of nitrogens with zero attached hydrogens (tertiary/aromatic N) is 4. The number of aromatic nitrogens is 4. The van der Waals surface area contributed by atoms with Gasteiger partial charge in [0.1, 0.15) is 0 Å². The second kappa shape index (κ2) is 19.5. The van der Waals surface area contributed by atoms with Gasteiger partial charge in [-0.1, -0.05) is 163 Å². The summed E-state index contributed by atoms with van der Waals surface area (Å²) < 4.78 is 30.7. The fraction of sp³-hybridized carbons (Fsp3) is 0.200. The minimum atomic E-state index is -2.13. The zero-order chi connectivity index (χ0) is 50.9. The van der Waals surface area contributed by atoms with E-state index in [9.17, 15) is 0 Å². The number of thiophene rings is 1. The molecule has 3 aromatic heterocycles. The first-order valence-corrected chi connectivity index (χ1v) is 25.4. The first kappa shape index (κ1) is 44.3. The van der Waals surface area contributed by atoms with Gasteiger partial charge in [0.2, 0.25) is 0 Å². The van der Waals surface area contributed by atoms with Crippen molar-refractivity contribution in [2.24, 2.45) is 0 Å². The van der Waals surface area contributed by atoms with E-state index < -0.39 is 6.85 Å². The van der Waals surface area contributed by atoms with E-state index in [0.717, 1.165) is 71.1 Å². The van der Waals surface area contributed by atoms with Gasteiger partial charge in [0, 0.05) is 20.2 Å². The Morgan fingerprint density at radius 2 is 1.25 bits per heavy atom. The van der Waals surface area contributed by atoms with Gasteiger partial charge in [0.25, 0.3) is 0 Å². The van der Waals surface area contributed by atoms with Crippen molar-refractivity contribution in [2.45, 2.75) is 85.9 Å². The molecule has 0 aliphatic rings. The van der Waals surface area contributed by atoms with Gasteiger partial charge in [-0.3, -0.25) is 9.97 Å². The maximum atomic E-state index is 7.87. The molecule has 0 atom stereocenters. The number of imidazole rings is 2. The Morgan fingerprint density at radius 3 is 1.94 bits per heavy atom. The van der Waals surface area contributed by atoms with Gasteiger partial charge in [-0.25, -0.2) is 0 Å². The maximum Gasteiger partial charge on any atom is 3.00 e. The van der Waals surface area contributed by atoms with Crippen molar-refractivity contribution in [3.63, 3.8) is 0 Å². The summed E-state index contributed by atoms with van der Waals surface area (Å²) in [6.07, 6.45) is 0. The van der Waals surface area contributed by atoms with Crippen molar-refractivity contribution in [1.29, 1.82) is 0 Å². The third kappa shape index (κ3) is 8.50. The second-order valence-corrected chi connectivity index (χ2v) is 20.8. The summed E-state index contributed by atoms with van der Waals surface area (Å²) >= 11 is 1.77. The Kier molecular flexibility index (Phi) is 12.1. The van der Waals surface area contributed by atoms with Crippen LogP contribution >= 0.6 is 11.3 Å². The fourth-order valence-electron chi connectivity index (χ4n) is 10.4. The molecule has 0 unspecified atom stereocenters. The summed E-state index contributed by atoms with van der Waals surface area (Å²) in [6.45, 7) is 16.0. The molecule has 3 heterocycles. The van der Waals surface area contributed by atoms with Crippen LogP contribution in [0.1, 0.15) is 111 Å². The molecule has 0 saturated carbocycles. The number of aryl methyl sites for hydroxylation is 1. The van der Waals surface area contributed by atoms with Crippen LogP contribution in [0.15, 0.2) is 164 Å². The zero-order valence-corrected chi connectivity index (χ0v) is 44.6. The smallest absolute Gasteiger partial charge is 0.333 e. The summed E-state index contributed by atoms with van der Waals surface area (Å²) in [5.74, 6) is 3.38. The van der Waals surface area contributed by atoms with Gasteiger partial charge in [0.05, 0.1) is 33.7 Å². The summed E-state index contributed by atoms with van der Waals surface area (Å²) in [5.41, 5.74) is 14.4. The van der Waals surface area contributed by atoms with Crippen LogP contribution in [0.2, 0.25) is 0 Å². The van der Waals surface area contributed by atoms with Gasteiger partial charge >= 0.3 is 20.1 Å². The van der Waals surface area contributed by atoms with Crippen molar-refractivity contribution in [3.8, 4) is 34.2 Å². The largest absolute Gasteiger partial charge is 3.00 e. The predicted octanol–water partition coefficient (Wildman–Crippen LogP) is 17.5. The van der Waals surface area contributed by atoms with Crippen LogP contribution in [0.4, 0.5) is 0 Å². The van der Waals surface area contributed by atoms with Crippen LogP contribution < -0.4 is 9.55 Å². The van der Waals surface area contributed by atoms with Crippen molar-refractivity contribution >= 4 is 75.1 Å². The van der Waals surface area contributed by atoms with Crippen LogP contribution in [-0.4, -0.2) is 9.55 Å². The first-order chi connectivity index (χ1) is 35.2. The maximum absolute atomic E-state index is 7.87. The van der Waals surface area contributed by atoms with Gasteiger partial charge in [-0.05, 0) is 121 Å². The molecule has 352 valence electrons. The summed E-state index contributed by atoms with van der Waals surface area (Å²) in [4.78, 5) is 10.3. The quantitative estimate of drug-likeness (QED) is 0.0864. The van der Waals surface area contributed by atoms with E-state index in [1.807, 2.05) is 36.4 Å². The molecule has 0 fully saturated rings. The summed E-state index contributed by atoms with van der Waals surface area (Å²) in [5, 5.41) is 6.65. The van der Waals surface area contributed by atoms with Crippen molar-refractivity contribution in [2.75, 3.05) is 0 Å². The molecular weight excluding hydrogens is 1060 g/mol. The van der Waals surface area contributed by atoms with Crippen LogP contribution in [-0.2, 0) is 20.1 Å². The molecule has 12 aromatic rings. The number of fused-ring (bicyclic) bond motifs is 8. The SMILES string of the molecule is CC(C)c1cccc(C(C)C)c1-n1c(-c2[c-]cccc2)nc2ccccc21.[2H]C([2H])([2H])c1ccc2c(ccc3cc4c(cc32)sc2c(-c3[n-]c5ccccc5[n+]3-c3c(C(C)C)cccc3C(C)C)[c-]ccc24)c1.[Ir+3]. The molecular formula is C65H58IrN4S+. The number of benzene rings is 9. The van der Waals surface area contributed by atoms with Gasteiger partial charge in [-0.15, -0.1) is 54.1 Å². The minimum Gasteiger partial charge on any atom is -0.333 e. The molecule has 0 aliphatic carbocycles. The minimum absolute atomic E-state index is 0. The molecule has 6 heteroatoms. The van der Waals surface area contributed by atoms with E-state index in [0.29, 0.717) is 29.2 Å². The molecule has 0 bridgehead atoms. The first-order valence-electron chi connectivity index (χ1n) is 26.1. The molecule has 4 nitrogen and oxygen atoms in total. The normalized spacial score (nSPS) is 12.6. The Balaban J connectivity index is 0.000000191. The molecule has 9 aromatic carbocycles. The number of rotatable bonds is 8. The monoisotopic (exact) mass is 1120 g/mol. The average Bonchev–Trinajstić information content (AvgIpc) is 4.09. The van der Waals surface area contributed by atoms with Gasteiger partial charge in [-0.2, -0.15) is 11.3 Å². The number of hydrogen-bond donors (Lipinski definition) is 0. The van der Waals surface area contributed by atoms with Crippen molar-refractivity contribution < 1.29 is 28.8 Å². The van der Waals surface area contributed by atoms with Gasteiger partial charge < -0.3 is 9.13 Å². The standard InChI is InChI=1S/C40H33N2S.C25H25N2.Ir/c1-23(2)28-10-8-11-29(24(3)4)38(28)42-36-15-7-6-14-35(36)41-40(42)32-13-9-12-31-34-21-27-18-17-26-20-25(5)16-19-30(26)33(27)22-37(34)43-39(31)32;1-17(2)20-13-10-14-21(18(3)4)24(20)27-23-16-9-8-15-22(23)26-25(27)19-11-6-5-7-12-19;/h6-12,14-24H,1-5H3;5-11,13-18H,1-4H3;/q2*-1;+3/i5D3;;. The third-order valence-electron chi connectivity index (χ3n) is 13.8. The van der Waals surface area contributed by atoms with E-state index in [1.165, 1.54) is 49.1 Å². The van der Waals surface area contributed by atoms with Crippen molar-refractivity contribution in [3.05, 3.63) is 204 Å². The third-order valence-corrected chi connectivity index (χ3v) is 15.0. The second-order valence-electron chi connectivity index (χ2n) is 19.8. The summed E-state index contributed by atoms with van der Waals surface area (Å²) in [7, 11) is 0. The van der Waals surface area contributed by atoms with Crippen LogP contribution in [0, 0.1) is 19.0 Å². The van der Waals surface area contributed by atoms with Crippen molar-refractivity contribution in [1.82, 2.24) is 14.5 Å². The molecule has 71 heavy (non-hydrogen) atoms. The van der Waals surface area contributed by atoms with E-state index in [4.69, 9.17) is 14.1 Å². The molecule has 12 rings (SSSR count). The topological polar surface area (TPSA) is 35.8 Å². The van der Waals surface area contributed by atoms with Gasteiger partial charge in [0.15, 0.2) is 0 Å². The molecule has 0 saturated heterocycles. The predicted molar refractivity (Wildman–Crippen MR) is 297 cm³/mol. The van der Waals surface area contributed by atoms with Crippen LogP contribution in [0.3, 0.4) is 0 Å². The van der Waals surface area contributed by atoms with E-state index >= 15 is 0 Å². The Bertz CT molecular complexity index is 3990. The van der Waals surface area contributed by atoms with E-state index in [1.54, 1.807) is 23.5 Å². The zero-order valence-electron chi connectivity index (χ0n) is 44.4. The fourth-order valence-corrected chi connectivity index (χ4v) is 11.6. The number of hydrogen-bond acceptors (Lipinski definition) is 2. The molecule has 0 aliphatic heterocycles. The van der Waals surface area contributed by atoms with E-state index in [-0.39, 0.29) is 20.1 Å². The molecule has 0 N–H and O–H groups in total. The van der Waals surface area contributed by atoms with Crippen LogP contribution in [0.25, 0.3) is 97.9 Å². The Morgan fingerprint density at radius 1 is 0.592 bits per heavy atom. The molecule has 0 amide bonds. The Hall–Kier alpha value is -6.69. The average molecular weight is 1120 g/mol. The molecule has 0 radical (unpaired) electrons. The van der Waals surface area contributed by atoms with E-state index in [2.05, 4.69) is 192 Å². The Labute approximate surface area is 439 Å².